The normalized spacial score (nSPS) is 11.4. The quantitative estimate of drug-likeness (QED) is 0.724. The zero-order valence-electron chi connectivity index (χ0n) is 8.73. The summed E-state index contributed by atoms with van der Waals surface area (Å²) in [5.74, 6) is 0.316. The highest BCUT2D eigenvalue weighted by Gasteiger charge is 1.79. The molecule has 0 saturated heterocycles. The van der Waals surface area contributed by atoms with Gasteiger partial charge in [0.2, 0.25) is 0 Å². The molecule has 0 bridgehead atoms. The fourth-order valence-electron chi connectivity index (χ4n) is 0.797. The minimum Gasteiger partial charge on any atom is -0.772 e. The summed E-state index contributed by atoms with van der Waals surface area (Å²) >= 11 is -1.82. The summed E-state index contributed by atoms with van der Waals surface area (Å²) in [6.07, 6.45) is 1.74. The van der Waals surface area contributed by atoms with Crippen LogP contribution >= 0.6 is 0 Å². The van der Waals surface area contributed by atoms with Gasteiger partial charge in [-0.25, -0.2) is 0 Å². The lowest BCUT2D eigenvalue weighted by Crippen LogP contribution is -1.92. The van der Waals surface area contributed by atoms with Crippen molar-refractivity contribution in [1.29, 1.82) is 0 Å². The minimum atomic E-state index is -1.82. The van der Waals surface area contributed by atoms with E-state index in [1.54, 1.807) is 0 Å². The van der Waals surface area contributed by atoms with Crippen LogP contribution in [0.2, 0.25) is 0 Å². The Balaban J connectivity index is 0.000000241. The van der Waals surface area contributed by atoms with Crippen molar-refractivity contribution in [2.24, 2.45) is 0 Å². The molecule has 2 nitrogen and oxygen atoms in total. The Kier molecular flexibility index (Phi) is 8.48. The van der Waals surface area contributed by atoms with Crippen LogP contribution in [0.4, 0.5) is 0 Å². The van der Waals surface area contributed by atoms with Crippen molar-refractivity contribution in [2.45, 2.75) is 26.7 Å². The van der Waals surface area contributed by atoms with Gasteiger partial charge in [0.1, 0.15) is 0 Å². The molecule has 0 aromatic heterocycles. The fraction of sp³-hybridized carbons (Fsp3) is 0.455. The van der Waals surface area contributed by atoms with E-state index in [-0.39, 0.29) is 0 Å². The molecule has 1 atom stereocenters. The topological polar surface area (TPSA) is 40.1 Å². The van der Waals surface area contributed by atoms with Crippen molar-refractivity contribution in [2.75, 3.05) is 5.75 Å². The van der Waals surface area contributed by atoms with Crippen LogP contribution in [0.25, 0.3) is 0 Å². The highest BCUT2D eigenvalue weighted by Crippen LogP contribution is 1.92. The van der Waals surface area contributed by atoms with Crippen molar-refractivity contribution < 1.29 is 8.76 Å². The number of aryl methyl sites for hydroxylation is 1. The minimum absolute atomic E-state index is 0.316. The first kappa shape index (κ1) is 13.3. The lowest BCUT2D eigenvalue weighted by molar-refractivity contribution is 0.534. The third-order valence-electron chi connectivity index (χ3n) is 1.61. The summed E-state index contributed by atoms with van der Waals surface area (Å²) in [7, 11) is 0. The van der Waals surface area contributed by atoms with Crippen LogP contribution in [0.15, 0.2) is 30.3 Å². The van der Waals surface area contributed by atoms with Crippen molar-refractivity contribution in [3.63, 3.8) is 0 Å². The zero-order chi connectivity index (χ0) is 10.8. The van der Waals surface area contributed by atoms with Crippen molar-refractivity contribution in [3.8, 4) is 0 Å². The Labute approximate surface area is 88.6 Å². The molecular formula is C11H17O2S-. The van der Waals surface area contributed by atoms with E-state index in [9.17, 15) is 8.76 Å². The number of rotatable bonds is 3. The molecule has 0 spiro atoms. The van der Waals surface area contributed by atoms with Crippen LogP contribution in [-0.2, 0) is 11.1 Å². The second-order valence-electron chi connectivity index (χ2n) is 3.02. The first-order valence-electron chi connectivity index (χ1n) is 4.74. The summed E-state index contributed by atoms with van der Waals surface area (Å²) < 4.78 is 19.5. The van der Waals surface area contributed by atoms with Gasteiger partial charge in [-0.05, 0) is 13.3 Å². The lowest BCUT2D eigenvalue weighted by atomic mass is 10.2. The SMILES string of the molecule is CCCCS(=O)[O-].Cc1ccccc1. The van der Waals surface area contributed by atoms with Crippen LogP contribution in [0.1, 0.15) is 25.3 Å². The Bertz CT molecular complexity index is 247. The van der Waals surface area contributed by atoms with Crippen molar-refractivity contribution >= 4 is 11.1 Å². The summed E-state index contributed by atoms with van der Waals surface area (Å²) in [6.45, 7) is 4.05. The van der Waals surface area contributed by atoms with E-state index in [1.807, 2.05) is 25.1 Å². The van der Waals surface area contributed by atoms with Gasteiger partial charge in [0.25, 0.3) is 0 Å². The predicted molar refractivity (Wildman–Crippen MR) is 59.9 cm³/mol. The highest BCUT2D eigenvalue weighted by molar-refractivity contribution is 7.79. The molecule has 0 N–H and O–H groups in total. The van der Waals surface area contributed by atoms with Gasteiger partial charge < -0.3 is 4.55 Å². The summed E-state index contributed by atoms with van der Waals surface area (Å²) in [6, 6.07) is 10.3. The molecule has 0 saturated carbocycles. The van der Waals surface area contributed by atoms with E-state index in [1.165, 1.54) is 5.56 Å². The molecule has 1 unspecified atom stereocenters. The number of hydrogen-bond acceptors (Lipinski definition) is 2. The molecule has 0 amide bonds. The van der Waals surface area contributed by atoms with E-state index in [0.717, 1.165) is 12.8 Å². The molecule has 0 aliphatic rings. The molecule has 0 fully saturated rings. The molecule has 0 heterocycles. The first-order chi connectivity index (χ1) is 6.66. The molecule has 0 aliphatic carbocycles. The number of hydrogen-bond donors (Lipinski definition) is 0. The summed E-state index contributed by atoms with van der Waals surface area (Å²) in [5.41, 5.74) is 1.32. The molecule has 1 aromatic carbocycles. The Morgan fingerprint density at radius 2 is 1.86 bits per heavy atom. The maximum absolute atomic E-state index is 9.76. The molecule has 14 heavy (non-hydrogen) atoms. The van der Waals surface area contributed by atoms with Crippen LogP contribution < -0.4 is 0 Å². The van der Waals surface area contributed by atoms with E-state index in [0.29, 0.717) is 5.75 Å². The van der Waals surface area contributed by atoms with Gasteiger partial charge in [0.05, 0.1) is 0 Å². The molecular weight excluding hydrogens is 196 g/mol. The lowest BCUT2D eigenvalue weighted by Gasteiger charge is -1.99. The van der Waals surface area contributed by atoms with Gasteiger partial charge in [-0.2, -0.15) is 0 Å². The van der Waals surface area contributed by atoms with Gasteiger partial charge in [-0.15, -0.1) is 0 Å². The predicted octanol–water partition coefficient (Wildman–Crippen LogP) is 2.66. The highest BCUT2D eigenvalue weighted by atomic mass is 32.2. The smallest absolute Gasteiger partial charge is 0.0101 e. The van der Waals surface area contributed by atoms with Gasteiger partial charge in [-0.1, -0.05) is 60.3 Å². The van der Waals surface area contributed by atoms with Gasteiger partial charge >= 0.3 is 0 Å². The summed E-state index contributed by atoms with van der Waals surface area (Å²) in [4.78, 5) is 0. The average molecular weight is 213 g/mol. The largest absolute Gasteiger partial charge is 0.772 e. The fourth-order valence-corrected chi connectivity index (χ4v) is 1.32. The van der Waals surface area contributed by atoms with Crippen LogP contribution in [0.5, 0.6) is 0 Å². The molecule has 80 valence electrons. The Morgan fingerprint density at radius 1 is 1.29 bits per heavy atom. The van der Waals surface area contributed by atoms with Gasteiger partial charge in [0, 0.05) is 5.75 Å². The van der Waals surface area contributed by atoms with Crippen LogP contribution in [-0.4, -0.2) is 14.5 Å². The van der Waals surface area contributed by atoms with Gasteiger partial charge in [0.15, 0.2) is 0 Å². The molecule has 0 aliphatic heterocycles. The molecule has 0 radical (unpaired) electrons. The Morgan fingerprint density at radius 3 is 2.07 bits per heavy atom. The molecule has 3 heteroatoms. The van der Waals surface area contributed by atoms with E-state index in [4.69, 9.17) is 0 Å². The monoisotopic (exact) mass is 213 g/mol. The van der Waals surface area contributed by atoms with Crippen molar-refractivity contribution in [3.05, 3.63) is 35.9 Å². The van der Waals surface area contributed by atoms with Crippen LogP contribution in [0, 0.1) is 6.92 Å². The van der Waals surface area contributed by atoms with E-state index < -0.39 is 11.1 Å². The zero-order valence-corrected chi connectivity index (χ0v) is 9.55. The molecule has 1 aromatic rings. The maximum atomic E-state index is 9.76. The van der Waals surface area contributed by atoms with Crippen molar-refractivity contribution in [1.82, 2.24) is 0 Å². The van der Waals surface area contributed by atoms with E-state index >= 15 is 0 Å². The second kappa shape index (κ2) is 8.91. The Hall–Kier alpha value is -0.670. The average Bonchev–Trinajstić information content (AvgIpc) is 2.17. The first-order valence-corrected chi connectivity index (χ1v) is 5.98. The van der Waals surface area contributed by atoms with Crippen LogP contribution in [0.3, 0.4) is 0 Å². The third-order valence-corrected chi connectivity index (χ3v) is 2.23. The third kappa shape index (κ3) is 9.42. The number of benzene rings is 1. The number of unbranched alkanes of at least 4 members (excludes halogenated alkanes) is 1. The van der Waals surface area contributed by atoms with Gasteiger partial charge in [-0.3, -0.25) is 4.21 Å². The summed E-state index contributed by atoms with van der Waals surface area (Å²) in [5, 5.41) is 0. The maximum Gasteiger partial charge on any atom is 0.0101 e. The second-order valence-corrected chi connectivity index (χ2v) is 4.03. The molecule has 1 rings (SSSR count). The van der Waals surface area contributed by atoms with E-state index in [2.05, 4.69) is 19.1 Å². The standard InChI is InChI=1S/C7H8.C4H10O2S/c1-7-5-3-2-4-6-7;1-2-3-4-7(5)6/h2-6H,1H3;2-4H2,1H3,(H,5,6)/p-1.